The number of rotatable bonds is 5. The predicted molar refractivity (Wildman–Crippen MR) is 56.8 cm³/mol. The molecule has 1 saturated heterocycles. The summed E-state index contributed by atoms with van der Waals surface area (Å²) in [4.78, 5) is 12.1. The second-order valence-corrected chi connectivity index (χ2v) is 3.93. The van der Waals surface area contributed by atoms with Gasteiger partial charge in [0.05, 0.1) is 0 Å². The van der Waals surface area contributed by atoms with Gasteiger partial charge in [-0.2, -0.15) is 0 Å². The molecule has 1 rings (SSSR count). The van der Waals surface area contributed by atoms with Gasteiger partial charge in [-0.1, -0.05) is 0 Å². The highest BCUT2D eigenvalue weighted by Gasteiger charge is 2.21. The van der Waals surface area contributed by atoms with Crippen LogP contribution < -0.4 is 5.73 Å². The largest absolute Gasteiger partial charge is 0.465 e. The molecule has 1 amide bonds. The Kier molecular flexibility index (Phi) is 5.42. The second kappa shape index (κ2) is 6.63. The molecule has 1 heterocycles. The minimum Gasteiger partial charge on any atom is -0.465 e. The molecule has 0 bridgehead atoms. The summed E-state index contributed by atoms with van der Waals surface area (Å²) in [7, 11) is 0. The average molecular weight is 216 g/mol. The van der Waals surface area contributed by atoms with Crippen molar-refractivity contribution in [2.75, 3.05) is 32.8 Å². The first-order chi connectivity index (χ1) is 7.24. The first-order valence-corrected chi connectivity index (χ1v) is 5.49. The van der Waals surface area contributed by atoms with E-state index in [0.717, 1.165) is 32.5 Å². The molecule has 3 N–H and O–H groups in total. The molecule has 88 valence electrons. The highest BCUT2D eigenvalue weighted by atomic mass is 16.5. The van der Waals surface area contributed by atoms with Crippen LogP contribution in [0, 0.1) is 5.92 Å². The number of ether oxygens (including phenoxy) is 1. The molecule has 5 heteroatoms. The molecule has 5 nitrogen and oxygen atoms in total. The lowest BCUT2D eigenvalue weighted by Crippen LogP contribution is -2.38. The zero-order valence-electron chi connectivity index (χ0n) is 9.02. The maximum Gasteiger partial charge on any atom is 0.407 e. The van der Waals surface area contributed by atoms with Crippen molar-refractivity contribution >= 4 is 6.09 Å². The number of carboxylic acid groups (broad SMARTS) is 1. The number of piperidine rings is 1. The van der Waals surface area contributed by atoms with Crippen LogP contribution >= 0.6 is 0 Å². The van der Waals surface area contributed by atoms with Gasteiger partial charge in [-0.25, -0.2) is 4.79 Å². The summed E-state index contributed by atoms with van der Waals surface area (Å²) < 4.78 is 5.46. The summed E-state index contributed by atoms with van der Waals surface area (Å²) in [5.74, 6) is 0.512. The number of hydrogen-bond donors (Lipinski definition) is 2. The van der Waals surface area contributed by atoms with Crippen LogP contribution in [-0.2, 0) is 4.74 Å². The lowest BCUT2D eigenvalue weighted by molar-refractivity contribution is 0.0648. The Morgan fingerprint density at radius 2 is 2.13 bits per heavy atom. The summed E-state index contributed by atoms with van der Waals surface area (Å²) in [6.07, 6.45) is 1.91. The van der Waals surface area contributed by atoms with E-state index < -0.39 is 6.09 Å². The van der Waals surface area contributed by atoms with Gasteiger partial charge in [-0.15, -0.1) is 0 Å². The van der Waals surface area contributed by atoms with Crippen LogP contribution in [0.15, 0.2) is 0 Å². The van der Waals surface area contributed by atoms with E-state index in [1.54, 1.807) is 0 Å². The molecule has 0 spiro atoms. The van der Waals surface area contributed by atoms with Gasteiger partial charge in [-0.3, -0.25) is 0 Å². The summed E-state index contributed by atoms with van der Waals surface area (Å²) >= 11 is 0. The van der Waals surface area contributed by atoms with Crippen LogP contribution in [0.5, 0.6) is 0 Å². The summed E-state index contributed by atoms with van der Waals surface area (Å²) in [5, 5.41) is 8.75. The molecule has 0 radical (unpaired) electrons. The van der Waals surface area contributed by atoms with E-state index in [4.69, 9.17) is 15.6 Å². The minimum atomic E-state index is -0.808. The molecule has 0 saturated carbocycles. The third-order valence-electron chi connectivity index (χ3n) is 2.73. The fourth-order valence-corrected chi connectivity index (χ4v) is 1.73. The van der Waals surface area contributed by atoms with Gasteiger partial charge in [0.1, 0.15) is 0 Å². The SMILES string of the molecule is NCCCOCC1CCN(C(=O)O)CC1. The molecule has 15 heavy (non-hydrogen) atoms. The summed E-state index contributed by atoms with van der Waals surface area (Å²) in [5.41, 5.74) is 5.35. The second-order valence-electron chi connectivity index (χ2n) is 3.93. The van der Waals surface area contributed by atoms with E-state index >= 15 is 0 Å². The number of hydrogen-bond acceptors (Lipinski definition) is 3. The van der Waals surface area contributed by atoms with Crippen molar-refractivity contribution in [1.29, 1.82) is 0 Å². The Balaban J connectivity index is 2.07. The van der Waals surface area contributed by atoms with Gasteiger partial charge < -0.3 is 20.5 Å². The molecule has 0 aliphatic carbocycles. The van der Waals surface area contributed by atoms with Gasteiger partial charge in [0.15, 0.2) is 0 Å². The van der Waals surface area contributed by atoms with Crippen molar-refractivity contribution in [2.24, 2.45) is 11.7 Å². The molecule has 0 unspecified atom stereocenters. The Hall–Kier alpha value is -0.810. The normalized spacial score (nSPS) is 18.1. The van der Waals surface area contributed by atoms with Crippen molar-refractivity contribution in [1.82, 2.24) is 4.90 Å². The van der Waals surface area contributed by atoms with Crippen LogP contribution in [0.1, 0.15) is 19.3 Å². The smallest absolute Gasteiger partial charge is 0.407 e. The first-order valence-electron chi connectivity index (χ1n) is 5.49. The lowest BCUT2D eigenvalue weighted by atomic mass is 9.98. The van der Waals surface area contributed by atoms with Gasteiger partial charge >= 0.3 is 6.09 Å². The molecular weight excluding hydrogens is 196 g/mol. The lowest BCUT2D eigenvalue weighted by Gasteiger charge is -2.29. The van der Waals surface area contributed by atoms with Crippen molar-refractivity contribution in [2.45, 2.75) is 19.3 Å². The molecule has 0 aromatic carbocycles. The molecule has 0 atom stereocenters. The topological polar surface area (TPSA) is 75.8 Å². The molecular formula is C10H20N2O3. The van der Waals surface area contributed by atoms with E-state index in [9.17, 15) is 4.79 Å². The molecule has 0 aromatic rings. The Bertz CT molecular complexity index is 191. The van der Waals surface area contributed by atoms with Gasteiger partial charge in [0.25, 0.3) is 0 Å². The van der Waals surface area contributed by atoms with Gasteiger partial charge in [0.2, 0.25) is 0 Å². The maximum absolute atomic E-state index is 10.6. The number of nitrogens with two attached hydrogens (primary N) is 1. The standard InChI is InChI=1S/C10H20N2O3/c11-4-1-7-15-8-9-2-5-12(6-3-9)10(13)14/h9H,1-8,11H2,(H,13,14). The maximum atomic E-state index is 10.6. The van der Waals surface area contributed by atoms with Crippen LogP contribution in [0.2, 0.25) is 0 Å². The molecule has 1 aliphatic rings. The van der Waals surface area contributed by atoms with Crippen molar-refractivity contribution in [3.8, 4) is 0 Å². The highest BCUT2D eigenvalue weighted by Crippen LogP contribution is 2.17. The first kappa shape index (κ1) is 12.3. The Morgan fingerprint density at radius 3 is 2.67 bits per heavy atom. The fraction of sp³-hybridized carbons (Fsp3) is 0.900. The van der Waals surface area contributed by atoms with E-state index in [0.29, 0.717) is 25.6 Å². The van der Waals surface area contributed by atoms with E-state index in [-0.39, 0.29) is 0 Å². The van der Waals surface area contributed by atoms with E-state index in [2.05, 4.69) is 0 Å². The summed E-state index contributed by atoms with van der Waals surface area (Å²) in [6.45, 7) is 3.40. The molecule has 1 aliphatic heterocycles. The quantitative estimate of drug-likeness (QED) is 0.665. The van der Waals surface area contributed by atoms with Gasteiger partial charge in [-0.05, 0) is 31.7 Å². The highest BCUT2D eigenvalue weighted by molar-refractivity contribution is 5.64. The van der Waals surface area contributed by atoms with Crippen molar-refractivity contribution in [3.05, 3.63) is 0 Å². The zero-order valence-corrected chi connectivity index (χ0v) is 9.02. The fourth-order valence-electron chi connectivity index (χ4n) is 1.73. The number of amides is 1. The molecule has 1 fully saturated rings. The van der Waals surface area contributed by atoms with Crippen LogP contribution in [0.4, 0.5) is 4.79 Å². The predicted octanol–water partition coefficient (Wildman–Crippen LogP) is 0.742. The Labute approximate surface area is 90.2 Å². The monoisotopic (exact) mass is 216 g/mol. The third kappa shape index (κ3) is 4.48. The number of carbonyl (C=O) groups is 1. The van der Waals surface area contributed by atoms with E-state index in [1.165, 1.54) is 4.90 Å². The van der Waals surface area contributed by atoms with Crippen LogP contribution in [-0.4, -0.2) is 48.9 Å². The minimum absolute atomic E-state index is 0.512. The third-order valence-corrected chi connectivity index (χ3v) is 2.73. The van der Waals surface area contributed by atoms with Crippen LogP contribution in [0.3, 0.4) is 0 Å². The van der Waals surface area contributed by atoms with E-state index in [1.807, 2.05) is 0 Å². The summed E-state index contributed by atoms with van der Waals surface area (Å²) in [6, 6.07) is 0. The van der Waals surface area contributed by atoms with Crippen molar-refractivity contribution < 1.29 is 14.6 Å². The molecule has 0 aromatic heterocycles. The zero-order chi connectivity index (χ0) is 11.1. The van der Waals surface area contributed by atoms with Crippen molar-refractivity contribution in [3.63, 3.8) is 0 Å². The van der Waals surface area contributed by atoms with Crippen LogP contribution in [0.25, 0.3) is 0 Å². The number of nitrogens with zero attached hydrogens (tertiary/aromatic N) is 1. The number of likely N-dealkylation sites (tertiary alicyclic amines) is 1. The Morgan fingerprint density at radius 1 is 1.47 bits per heavy atom. The van der Waals surface area contributed by atoms with Gasteiger partial charge in [0, 0.05) is 26.3 Å². The average Bonchev–Trinajstić information content (AvgIpc) is 2.25.